The van der Waals surface area contributed by atoms with E-state index in [9.17, 15) is 4.79 Å². The molecule has 1 heterocycles. The van der Waals surface area contributed by atoms with Crippen LogP contribution in [0.25, 0.3) is 6.08 Å². The summed E-state index contributed by atoms with van der Waals surface area (Å²) in [5, 5.41) is 5.75. The number of carbonyl (C=O) groups excluding carboxylic acids is 1. The van der Waals surface area contributed by atoms with E-state index in [1.165, 1.54) is 6.08 Å². The van der Waals surface area contributed by atoms with Gasteiger partial charge in [-0.15, -0.1) is 0 Å². The van der Waals surface area contributed by atoms with E-state index in [1.807, 2.05) is 24.3 Å². The number of rotatable bonds is 4. The summed E-state index contributed by atoms with van der Waals surface area (Å²) in [6.07, 6.45) is 3.11. The third-order valence-corrected chi connectivity index (χ3v) is 3.78. The first-order valence-corrected chi connectivity index (χ1v) is 8.38. The van der Waals surface area contributed by atoms with E-state index >= 15 is 0 Å². The van der Waals surface area contributed by atoms with Gasteiger partial charge in [0.05, 0.1) is 7.11 Å². The predicted molar refractivity (Wildman–Crippen MR) is 104 cm³/mol. The highest BCUT2D eigenvalue weighted by Crippen LogP contribution is 2.32. The molecule has 0 aromatic heterocycles. The molecule has 0 aliphatic carbocycles. The molecule has 0 saturated heterocycles. The van der Waals surface area contributed by atoms with Crippen molar-refractivity contribution in [2.75, 3.05) is 25.6 Å². The summed E-state index contributed by atoms with van der Waals surface area (Å²) in [5.74, 6) is 1.78. The molecule has 1 aliphatic rings. The number of thiocarbonyl (C=S) groups is 1. The van der Waals surface area contributed by atoms with Crippen LogP contribution in [0.15, 0.2) is 48.5 Å². The molecular weight excluding hydrogens is 352 g/mol. The van der Waals surface area contributed by atoms with Gasteiger partial charge in [0.2, 0.25) is 5.91 Å². The fraction of sp³-hybridized carbons (Fsp3) is 0.158. The maximum atomic E-state index is 12.0. The Bertz CT molecular complexity index is 834. The topological polar surface area (TPSA) is 68.8 Å². The fourth-order valence-corrected chi connectivity index (χ4v) is 2.54. The number of fused-ring (bicyclic) bond motifs is 1. The number of anilines is 1. The second-order valence-electron chi connectivity index (χ2n) is 5.41. The molecule has 0 atom stereocenters. The standard InChI is InChI=1S/C19H18N2O4S/c1-23-15-6-2-13(3-7-15)4-9-18(22)21-19(26)20-14-5-8-16-17(12-14)25-11-10-24-16/h2-9,12H,10-11H2,1H3,(H2,20,21,22,26)/b9-4+. The monoisotopic (exact) mass is 370 g/mol. The molecule has 0 saturated carbocycles. The van der Waals surface area contributed by atoms with Crippen molar-refractivity contribution in [1.82, 2.24) is 5.32 Å². The minimum atomic E-state index is -0.323. The zero-order valence-electron chi connectivity index (χ0n) is 14.2. The number of ether oxygens (including phenoxy) is 3. The van der Waals surface area contributed by atoms with Gasteiger partial charge >= 0.3 is 0 Å². The Morgan fingerprint density at radius 1 is 1.12 bits per heavy atom. The third kappa shape index (κ3) is 4.73. The average Bonchev–Trinajstić information content (AvgIpc) is 2.66. The zero-order chi connectivity index (χ0) is 18.4. The second-order valence-corrected chi connectivity index (χ2v) is 5.82. The van der Waals surface area contributed by atoms with E-state index in [0.717, 1.165) is 11.3 Å². The van der Waals surface area contributed by atoms with Gasteiger partial charge in [-0.2, -0.15) is 0 Å². The number of hydrogen-bond donors (Lipinski definition) is 2. The van der Waals surface area contributed by atoms with Gasteiger partial charge in [0.15, 0.2) is 16.6 Å². The molecule has 0 spiro atoms. The van der Waals surface area contributed by atoms with Crippen molar-refractivity contribution < 1.29 is 19.0 Å². The lowest BCUT2D eigenvalue weighted by atomic mass is 10.2. The highest BCUT2D eigenvalue weighted by atomic mass is 32.1. The van der Waals surface area contributed by atoms with Crippen molar-refractivity contribution >= 4 is 35.0 Å². The van der Waals surface area contributed by atoms with Crippen LogP contribution in [0.1, 0.15) is 5.56 Å². The van der Waals surface area contributed by atoms with Crippen molar-refractivity contribution in [3.05, 3.63) is 54.1 Å². The number of carbonyl (C=O) groups is 1. The molecule has 0 fully saturated rings. The van der Waals surface area contributed by atoms with Crippen LogP contribution in [0.4, 0.5) is 5.69 Å². The predicted octanol–water partition coefficient (Wildman–Crippen LogP) is 2.99. The Hall–Kier alpha value is -3.06. The summed E-state index contributed by atoms with van der Waals surface area (Å²) in [7, 11) is 1.61. The van der Waals surface area contributed by atoms with E-state index in [0.29, 0.717) is 30.4 Å². The molecule has 134 valence electrons. The first-order chi connectivity index (χ1) is 12.6. The molecule has 0 unspecified atom stereocenters. The molecule has 2 aromatic carbocycles. The Labute approximate surface area is 156 Å². The molecule has 0 bridgehead atoms. The Morgan fingerprint density at radius 3 is 2.58 bits per heavy atom. The quantitative estimate of drug-likeness (QED) is 0.637. The molecule has 7 heteroatoms. The van der Waals surface area contributed by atoms with Crippen LogP contribution in [0.3, 0.4) is 0 Å². The van der Waals surface area contributed by atoms with E-state index in [4.69, 9.17) is 26.4 Å². The van der Waals surface area contributed by atoms with Gasteiger partial charge in [-0.1, -0.05) is 12.1 Å². The van der Waals surface area contributed by atoms with Crippen molar-refractivity contribution in [2.45, 2.75) is 0 Å². The lowest BCUT2D eigenvalue weighted by Gasteiger charge is -2.19. The van der Waals surface area contributed by atoms with E-state index in [2.05, 4.69) is 10.6 Å². The van der Waals surface area contributed by atoms with Gasteiger partial charge in [0.1, 0.15) is 19.0 Å². The fourth-order valence-electron chi connectivity index (χ4n) is 2.32. The summed E-state index contributed by atoms with van der Waals surface area (Å²) in [6.45, 7) is 1.04. The van der Waals surface area contributed by atoms with Crippen LogP contribution in [0.2, 0.25) is 0 Å². The minimum absolute atomic E-state index is 0.200. The number of nitrogens with one attached hydrogen (secondary N) is 2. The summed E-state index contributed by atoms with van der Waals surface area (Å²) in [5.41, 5.74) is 1.59. The number of benzene rings is 2. The molecule has 1 aliphatic heterocycles. The van der Waals surface area contributed by atoms with Crippen LogP contribution < -0.4 is 24.8 Å². The van der Waals surface area contributed by atoms with Crippen molar-refractivity contribution in [3.63, 3.8) is 0 Å². The Kier molecular flexibility index (Phi) is 5.70. The Morgan fingerprint density at radius 2 is 1.85 bits per heavy atom. The third-order valence-electron chi connectivity index (χ3n) is 3.58. The lowest BCUT2D eigenvalue weighted by molar-refractivity contribution is -0.115. The lowest BCUT2D eigenvalue weighted by Crippen LogP contribution is -2.32. The number of methoxy groups -OCH3 is 1. The molecule has 2 N–H and O–H groups in total. The number of hydrogen-bond acceptors (Lipinski definition) is 5. The molecular formula is C19H18N2O4S. The van der Waals surface area contributed by atoms with Gasteiger partial charge in [0.25, 0.3) is 0 Å². The summed E-state index contributed by atoms with van der Waals surface area (Å²) in [4.78, 5) is 12.0. The van der Waals surface area contributed by atoms with Crippen LogP contribution >= 0.6 is 12.2 Å². The van der Waals surface area contributed by atoms with E-state index in [-0.39, 0.29) is 11.0 Å². The first-order valence-electron chi connectivity index (χ1n) is 7.98. The van der Waals surface area contributed by atoms with Crippen molar-refractivity contribution in [1.29, 1.82) is 0 Å². The van der Waals surface area contributed by atoms with Crippen LogP contribution in [0.5, 0.6) is 17.2 Å². The SMILES string of the molecule is COc1ccc(/C=C/C(=O)NC(=S)Nc2ccc3c(c2)OCCO3)cc1. The van der Waals surface area contributed by atoms with Gasteiger partial charge in [-0.05, 0) is 48.1 Å². The van der Waals surface area contributed by atoms with E-state index < -0.39 is 0 Å². The zero-order valence-corrected chi connectivity index (χ0v) is 15.0. The highest BCUT2D eigenvalue weighted by molar-refractivity contribution is 7.80. The molecule has 6 nitrogen and oxygen atoms in total. The van der Waals surface area contributed by atoms with Crippen LogP contribution in [-0.4, -0.2) is 31.3 Å². The maximum absolute atomic E-state index is 12.0. The molecule has 1 amide bonds. The molecule has 26 heavy (non-hydrogen) atoms. The van der Waals surface area contributed by atoms with Crippen molar-refractivity contribution in [2.24, 2.45) is 0 Å². The summed E-state index contributed by atoms with van der Waals surface area (Å²) >= 11 is 5.17. The van der Waals surface area contributed by atoms with Gasteiger partial charge in [0, 0.05) is 17.8 Å². The van der Waals surface area contributed by atoms with Gasteiger partial charge in [-0.3, -0.25) is 10.1 Å². The molecule has 2 aromatic rings. The average molecular weight is 370 g/mol. The Balaban J connectivity index is 1.53. The van der Waals surface area contributed by atoms with Gasteiger partial charge < -0.3 is 19.5 Å². The summed E-state index contributed by atoms with van der Waals surface area (Å²) < 4.78 is 16.1. The van der Waals surface area contributed by atoms with Crippen molar-refractivity contribution in [3.8, 4) is 17.2 Å². The first kappa shape index (κ1) is 17.8. The molecule has 3 rings (SSSR count). The minimum Gasteiger partial charge on any atom is -0.497 e. The smallest absolute Gasteiger partial charge is 0.250 e. The normalized spacial score (nSPS) is 12.5. The number of amides is 1. The highest BCUT2D eigenvalue weighted by Gasteiger charge is 2.12. The molecule has 0 radical (unpaired) electrons. The second kappa shape index (κ2) is 8.35. The maximum Gasteiger partial charge on any atom is 0.250 e. The van der Waals surface area contributed by atoms with Gasteiger partial charge in [-0.25, -0.2) is 0 Å². The summed E-state index contributed by atoms with van der Waals surface area (Å²) in [6, 6.07) is 12.7. The van der Waals surface area contributed by atoms with E-state index in [1.54, 1.807) is 31.4 Å². The van der Waals surface area contributed by atoms with Crippen LogP contribution in [-0.2, 0) is 4.79 Å². The largest absolute Gasteiger partial charge is 0.497 e. The van der Waals surface area contributed by atoms with Crippen LogP contribution in [0, 0.1) is 0 Å².